The average molecular weight is 380 g/mol. The molecule has 0 unspecified atom stereocenters. The number of nitrogens with two attached hydrogens (primary N) is 2. The normalized spacial score (nSPS) is 12.6. The molecule has 0 aliphatic heterocycles. The van der Waals surface area contributed by atoms with Crippen molar-refractivity contribution in [3.8, 4) is 11.5 Å². The Kier molecular flexibility index (Phi) is 8.19. The number of nitrogens with zero attached hydrogens (tertiary/aromatic N) is 4. The fourth-order valence-corrected chi connectivity index (χ4v) is 2.16. The molecule has 0 aromatic heterocycles. The van der Waals surface area contributed by atoms with Crippen LogP contribution in [0.5, 0.6) is 11.5 Å². The molecule has 8 heteroatoms. The molecule has 28 heavy (non-hydrogen) atoms. The van der Waals surface area contributed by atoms with Crippen LogP contribution in [0.15, 0.2) is 68.9 Å². The van der Waals surface area contributed by atoms with Crippen LogP contribution in [0.1, 0.15) is 25.0 Å². The molecule has 0 heterocycles. The van der Waals surface area contributed by atoms with Gasteiger partial charge >= 0.3 is 0 Å². The predicted molar refractivity (Wildman–Crippen MR) is 114 cm³/mol. The molecule has 146 valence electrons. The molecule has 4 N–H and O–H groups in total. The van der Waals surface area contributed by atoms with Gasteiger partial charge in [0.2, 0.25) is 0 Å². The van der Waals surface area contributed by atoms with E-state index in [4.69, 9.17) is 20.9 Å². The molecule has 0 saturated carbocycles. The van der Waals surface area contributed by atoms with Crippen LogP contribution in [0, 0.1) is 0 Å². The fourth-order valence-electron chi connectivity index (χ4n) is 2.16. The van der Waals surface area contributed by atoms with Gasteiger partial charge in [-0.25, -0.2) is 0 Å². The Morgan fingerprint density at radius 1 is 0.750 bits per heavy atom. The van der Waals surface area contributed by atoms with Crippen molar-refractivity contribution >= 4 is 24.1 Å². The molecular formula is C20H24N6O2. The van der Waals surface area contributed by atoms with E-state index in [0.717, 1.165) is 11.1 Å². The highest BCUT2D eigenvalue weighted by atomic mass is 16.5. The van der Waals surface area contributed by atoms with E-state index in [1.54, 1.807) is 0 Å². The number of benzene rings is 2. The first-order valence-corrected chi connectivity index (χ1v) is 8.82. The van der Waals surface area contributed by atoms with Gasteiger partial charge in [0.1, 0.15) is 11.5 Å². The van der Waals surface area contributed by atoms with E-state index in [1.807, 2.05) is 62.4 Å². The van der Waals surface area contributed by atoms with Crippen LogP contribution in [0.3, 0.4) is 0 Å². The van der Waals surface area contributed by atoms with Crippen LogP contribution in [0.2, 0.25) is 0 Å². The van der Waals surface area contributed by atoms with Crippen LogP contribution < -0.4 is 20.9 Å². The number of rotatable bonds is 8. The number of hydrogen-bond donors (Lipinski definition) is 2. The van der Waals surface area contributed by atoms with Crippen LogP contribution in [-0.4, -0.2) is 37.3 Å². The minimum atomic E-state index is -0.0413. The van der Waals surface area contributed by atoms with Crippen LogP contribution in [0.4, 0.5) is 0 Å². The maximum Gasteiger partial charge on any atom is 0.190 e. The number of para-hydroxylation sites is 2. The zero-order valence-corrected chi connectivity index (χ0v) is 15.9. The highest BCUT2D eigenvalue weighted by molar-refractivity contribution is 6.39. The number of amidine groups is 2. The molecule has 0 saturated heterocycles. The Balaban J connectivity index is 2.06. The third kappa shape index (κ3) is 6.24. The molecule has 8 nitrogen and oxygen atoms in total. The van der Waals surface area contributed by atoms with E-state index in [-0.39, 0.29) is 11.7 Å². The van der Waals surface area contributed by atoms with E-state index in [0.29, 0.717) is 24.7 Å². The summed E-state index contributed by atoms with van der Waals surface area (Å²) in [5, 5.41) is 15.6. The maximum absolute atomic E-state index is 5.79. The lowest BCUT2D eigenvalue weighted by Gasteiger charge is -2.05. The summed E-state index contributed by atoms with van der Waals surface area (Å²) >= 11 is 0. The summed E-state index contributed by atoms with van der Waals surface area (Å²) < 4.78 is 11.0. The molecular weight excluding hydrogens is 356 g/mol. The Bertz CT molecular complexity index is 816. The van der Waals surface area contributed by atoms with Crippen molar-refractivity contribution in [1.29, 1.82) is 0 Å². The minimum absolute atomic E-state index is 0.0413. The molecule has 0 bridgehead atoms. The monoisotopic (exact) mass is 380 g/mol. The van der Waals surface area contributed by atoms with Gasteiger partial charge < -0.3 is 20.9 Å². The van der Waals surface area contributed by atoms with Crippen molar-refractivity contribution in [2.45, 2.75) is 13.8 Å². The molecule has 2 rings (SSSR count). The topological polar surface area (TPSA) is 120 Å². The van der Waals surface area contributed by atoms with Crippen molar-refractivity contribution in [2.75, 3.05) is 13.2 Å². The van der Waals surface area contributed by atoms with E-state index >= 15 is 0 Å². The highest BCUT2D eigenvalue weighted by Gasteiger charge is 2.01. The third-order valence-corrected chi connectivity index (χ3v) is 3.42. The van der Waals surface area contributed by atoms with E-state index in [2.05, 4.69) is 20.4 Å². The molecule has 2 aromatic carbocycles. The second-order valence-corrected chi connectivity index (χ2v) is 5.40. The first-order chi connectivity index (χ1) is 13.7. The zero-order chi connectivity index (χ0) is 20.2. The van der Waals surface area contributed by atoms with Crippen LogP contribution >= 0.6 is 0 Å². The molecule has 0 fully saturated rings. The Morgan fingerprint density at radius 3 is 1.54 bits per heavy atom. The lowest BCUT2D eigenvalue weighted by Crippen LogP contribution is -2.30. The Morgan fingerprint density at radius 2 is 1.14 bits per heavy atom. The third-order valence-electron chi connectivity index (χ3n) is 3.42. The van der Waals surface area contributed by atoms with Gasteiger partial charge in [0.15, 0.2) is 11.7 Å². The molecule has 0 amide bonds. The second kappa shape index (κ2) is 11.1. The van der Waals surface area contributed by atoms with Crippen molar-refractivity contribution in [2.24, 2.45) is 31.9 Å². The first kappa shape index (κ1) is 20.6. The molecule has 2 aromatic rings. The first-order valence-electron chi connectivity index (χ1n) is 8.82. The van der Waals surface area contributed by atoms with E-state index in [9.17, 15) is 0 Å². The summed E-state index contributed by atoms with van der Waals surface area (Å²) in [7, 11) is 0. The van der Waals surface area contributed by atoms with Gasteiger partial charge in [0, 0.05) is 11.1 Å². The second-order valence-electron chi connectivity index (χ2n) is 5.40. The summed E-state index contributed by atoms with van der Waals surface area (Å²) in [6.07, 6.45) is 3.07. The summed E-state index contributed by atoms with van der Waals surface area (Å²) in [4.78, 5) is 0. The Labute approximate surface area is 164 Å². The van der Waals surface area contributed by atoms with Gasteiger partial charge in [-0.2, -0.15) is 10.2 Å². The van der Waals surface area contributed by atoms with Gasteiger partial charge in [0.05, 0.1) is 25.6 Å². The molecule has 0 aliphatic rings. The summed E-state index contributed by atoms with van der Waals surface area (Å²) in [6, 6.07) is 14.9. The Hall–Kier alpha value is -3.68. The highest BCUT2D eigenvalue weighted by Crippen LogP contribution is 2.16. The molecule has 0 atom stereocenters. The molecule has 0 aliphatic carbocycles. The van der Waals surface area contributed by atoms with E-state index < -0.39 is 0 Å². The lowest BCUT2D eigenvalue weighted by atomic mass is 10.2. The van der Waals surface area contributed by atoms with Crippen molar-refractivity contribution in [3.63, 3.8) is 0 Å². The van der Waals surface area contributed by atoms with Gasteiger partial charge in [-0.1, -0.05) is 24.3 Å². The number of ether oxygens (including phenoxy) is 2. The van der Waals surface area contributed by atoms with Gasteiger partial charge in [-0.15, -0.1) is 10.2 Å². The minimum Gasteiger partial charge on any atom is -0.493 e. The van der Waals surface area contributed by atoms with Gasteiger partial charge in [0.25, 0.3) is 0 Å². The van der Waals surface area contributed by atoms with Gasteiger partial charge in [-0.3, -0.25) is 0 Å². The van der Waals surface area contributed by atoms with Crippen molar-refractivity contribution < 1.29 is 9.47 Å². The summed E-state index contributed by atoms with van der Waals surface area (Å²) in [5.41, 5.74) is 13.1. The summed E-state index contributed by atoms with van der Waals surface area (Å²) in [6.45, 7) is 4.93. The molecule has 0 radical (unpaired) electrons. The van der Waals surface area contributed by atoms with E-state index in [1.165, 1.54) is 12.4 Å². The smallest absolute Gasteiger partial charge is 0.190 e. The average Bonchev–Trinajstić information content (AvgIpc) is 2.70. The zero-order valence-electron chi connectivity index (χ0n) is 15.9. The SMILES string of the molecule is CCOc1ccccc1\C=N/N=C(N)/C(N)=N\N=C/c1ccccc1OCC. The fraction of sp³-hybridized carbons (Fsp3) is 0.200. The standard InChI is InChI=1S/C20H24N6O2/c1-3-27-17-11-7-5-9-15(17)13-23-25-19(21)20(22)26-24-14-16-10-6-8-12-18(16)28-4-2/h5-14H,3-4H2,1-2H3,(H2,21,25)(H2,22,26)/b23-13-,24-14-. The van der Waals surface area contributed by atoms with Crippen molar-refractivity contribution in [1.82, 2.24) is 0 Å². The number of hydrogen-bond acceptors (Lipinski definition) is 6. The molecule has 0 spiro atoms. The lowest BCUT2D eigenvalue weighted by molar-refractivity contribution is 0.339. The summed E-state index contributed by atoms with van der Waals surface area (Å²) in [5.74, 6) is 1.34. The predicted octanol–water partition coefficient (Wildman–Crippen LogP) is 2.57. The van der Waals surface area contributed by atoms with Crippen LogP contribution in [0.25, 0.3) is 0 Å². The van der Waals surface area contributed by atoms with Gasteiger partial charge in [-0.05, 0) is 38.1 Å². The largest absolute Gasteiger partial charge is 0.493 e. The van der Waals surface area contributed by atoms with Crippen molar-refractivity contribution in [3.05, 3.63) is 59.7 Å². The quantitative estimate of drug-likeness (QED) is 0.415. The maximum atomic E-state index is 5.79. The van der Waals surface area contributed by atoms with Crippen LogP contribution in [-0.2, 0) is 0 Å².